The topological polar surface area (TPSA) is 53.4 Å². The number of Topliss-reactive ketones (excluding diaryl/α,β-unsaturated/α-hetero) is 1. The molecular formula is C10H10N2O2S2. The van der Waals surface area contributed by atoms with Gasteiger partial charge >= 0.3 is 0 Å². The molecule has 1 N–H and O–H groups in total. The van der Waals surface area contributed by atoms with Crippen molar-refractivity contribution in [1.29, 1.82) is 0 Å². The van der Waals surface area contributed by atoms with Crippen molar-refractivity contribution in [1.82, 2.24) is 4.98 Å². The highest BCUT2D eigenvalue weighted by molar-refractivity contribution is 8.23. The van der Waals surface area contributed by atoms with Crippen LogP contribution >= 0.6 is 24.0 Å². The van der Waals surface area contributed by atoms with Crippen molar-refractivity contribution in [3.05, 3.63) is 24.4 Å². The minimum Gasteiger partial charge on any atom is -0.364 e. The Labute approximate surface area is 103 Å². The van der Waals surface area contributed by atoms with E-state index in [0.717, 1.165) is 0 Å². The molecule has 2 rings (SSSR count). The lowest BCUT2D eigenvalue weighted by molar-refractivity contribution is -0.131. The van der Waals surface area contributed by atoms with Crippen LogP contribution in [0, 0.1) is 0 Å². The van der Waals surface area contributed by atoms with Crippen molar-refractivity contribution in [2.45, 2.75) is 12.6 Å². The van der Waals surface area contributed by atoms with Crippen LogP contribution < -0.4 is 4.90 Å². The van der Waals surface area contributed by atoms with Crippen LogP contribution in [-0.4, -0.2) is 31.7 Å². The molecule has 1 unspecified atom stereocenters. The van der Waals surface area contributed by atoms with Crippen molar-refractivity contribution in [2.24, 2.45) is 0 Å². The molecule has 0 saturated carbocycles. The zero-order chi connectivity index (χ0) is 11.8. The number of pyridine rings is 1. The maximum Gasteiger partial charge on any atom is 0.214 e. The number of nitrogens with zero attached hydrogens (tertiary/aromatic N) is 2. The molecule has 0 aliphatic carbocycles. The monoisotopic (exact) mass is 254 g/mol. The second kappa shape index (κ2) is 4.12. The van der Waals surface area contributed by atoms with Gasteiger partial charge in [-0.3, -0.25) is 9.69 Å². The van der Waals surface area contributed by atoms with E-state index in [1.54, 1.807) is 24.4 Å². The lowest BCUT2D eigenvalue weighted by Crippen LogP contribution is -2.53. The molecule has 1 aromatic rings. The lowest BCUT2D eigenvalue weighted by Gasteiger charge is -2.30. The molecule has 1 saturated heterocycles. The van der Waals surface area contributed by atoms with Crippen LogP contribution in [0.25, 0.3) is 0 Å². The predicted octanol–water partition coefficient (Wildman–Crippen LogP) is 1.20. The van der Waals surface area contributed by atoms with Crippen LogP contribution in [0.1, 0.15) is 6.92 Å². The molecule has 84 valence electrons. The van der Waals surface area contributed by atoms with Crippen molar-refractivity contribution in [3.63, 3.8) is 0 Å². The van der Waals surface area contributed by atoms with Gasteiger partial charge in [-0.25, -0.2) is 4.98 Å². The number of aromatic nitrogens is 1. The Morgan fingerprint density at radius 1 is 1.69 bits per heavy atom. The van der Waals surface area contributed by atoms with Gasteiger partial charge in [-0.1, -0.05) is 30.0 Å². The maximum absolute atomic E-state index is 11.5. The Morgan fingerprint density at radius 3 is 3.00 bits per heavy atom. The zero-order valence-corrected chi connectivity index (χ0v) is 10.2. The fourth-order valence-electron chi connectivity index (χ4n) is 1.47. The van der Waals surface area contributed by atoms with Gasteiger partial charge in [0.25, 0.3) is 0 Å². The van der Waals surface area contributed by atoms with Gasteiger partial charge in [-0.15, -0.1) is 0 Å². The molecule has 4 nitrogen and oxygen atoms in total. The number of aliphatic hydroxyl groups is 1. The summed E-state index contributed by atoms with van der Waals surface area (Å²) in [6, 6.07) is 5.27. The fourth-order valence-corrected chi connectivity index (χ4v) is 2.92. The Hall–Kier alpha value is -0.980. The first-order valence-electron chi connectivity index (χ1n) is 4.67. The third-order valence-corrected chi connectivity index (χ3v) is 3.90. The SMILES string of the molecule is CC(=O)C1(O)CSC(=S)N1c1ccccn1. The molecule has 1 aromatic heterocycles. The number of carbonyl (C=O) groups is 1. The Balaban J connectivity index is 2.45. The standard InChI is InChI=1S/C10H10N2O2S2/c1-7(13)10(14)6-16-9(15)12(10)8-4-2-3-5-11-8/h2-5,14H,6H2,1H3. The van der Waals surface area contributed by atoms with Crippen molar-refractivity contribution in [3.8, 4) is 0 Å². The van der Waals surface area contributed by atoms with E-state index in [9.17, 15) is 9.90 Å². The number of thioether (sulfide) groups is 1. The molecule has 1 aliphatic rings. The Morgan fingerprint density at radius 2 is 2.44 bits per heavy atom. The Kier molecular flexibility index (Phi) is 2.96. The van der Waals surface area contributed by atoms with E-state index >= 15 is 0 Å². The third-order valence-electron chi connectivity index (χ3n) is 2.39. The first-order valence-corrected chi connectivity index (χ1v) is 6.06. The molecule has 6 heteroatoms. The summed E-state index contributed by atoms with van der Waals surface area (Å²) in [4.78, 5) is 17.0. The van der Waals surface area contributed by atoms with Gasteiger partial charge in [0.1, 0.15) is 10.1 Å². The summed E-state index contributed by atoms with van der Waals surface area (Å²) in [5.74, 6) is 0.415. The van der Waals surface area contributed by atoms with Crippen LogP contribution in [0.4, 0.5) is 5.82 Å². The van der Waals surface area contributed by atoms with Crippen LogP contribution in [0.2, 0.25) is 0 Å². The van der Waals surface area contributed by atoms with Gasteiger partial charge in [0.05, 0.1) is 5.75 Å². The van der Waals surface area contributed by atoms with Crippen LogP contribution in [0.15, 0.2) is 24.4 Å². The molecule has 0 radical (unpaired) electrons. The van der Waals surface area contributed by atoms with E-state index in [2.05, 4.69) is 4.98 Å². The predicted molar refractivity (Wildman–Crippen MR) is 67.4 cm³/mol. The van der Waals surface area contributed by atoms with Gasteiger partial charge in [-0.05, 0) is 19.1 Å². The summed E-state index contributed by atoms with van der Waals surface area (Å²) in [6.45, 7) is 1.35. The second-order valence-corrected chi connectivity index (χ2v) is 5.06. The first kappa shape index (κ1) is 11.5. The van der Waals surface area contributed by atoms with Gasteiger partial charge in [0, 0.05) is 6.20 Å². The average molecular weight is 254 g/mol. The van der Waals surface area contributed by atoms with E-state index in [4.69, 9.17) is 12.2 Å². The number of hydrogen-bond donors (Lipinski definition) is 1. The van der Waals surface area contributed by atoms with Crippen LogP contribution in [0.3, 0.4) is 0 Å². The highest BCUT2D eigenvalue weighted by Crippen LogP contribution is 2.35. The molecule has 0 spiro atoms. The molecule has 0 aromatic carbocycles. The molecule has 1 atom stereocenters. The van der Waals surface area contributed by atoms with Gasteiger partial charge in [-0.2, -0.15) is 0 Å². The van der Waals surface area contributed by atoms with E-state index in [-0.39, 0.29) is 11.5 Å². The lowest BCUT2D eigenvalue weighted by atomic mass is 10.1. The van der Waals surface area contributed by atoms with E-state index < -0.39 is 5.72 Å². The number of hydrogen-bond acceptors (Lipinski definition) is 5. The quantitative estimate of drug-likeness (QED) is 0.800. The smallest absolute Gasteiger partial charge is 0.214 e. The molecule has 1 aliphatic heterocycles. The normalized spacial score (nSPS) is 24.9. The molecule has 16 heavy (non-hydrogen) atoms. The zero-order valence-electron chi connectivity index (χ0n) is 8.58. The largest absolute Gasteiger partial charge is 0.364 e. The van der Waals surface area contributed by atoms with Crippen molar-refractivity contribution in [2.75, 3.05) is 10.7 Å². The number of anilines is 1. The summed E-state index contributed by atoms with van der Waals surface area (Å²) in [5, 5.41) is 10.3. The average Bonchev–Trinajstić information content (AvgIpc) is 2.57. The van der Waals surface area contributed by atoms with E-state index in [1.165, 1.54) is 23.6 Å². The summed E-state index contributed by atoms with van der Waals surface area (Å²) < 4.78 is 0.469. The van der Waals surface area contributed by atoms with Crippen LogP contribution in [-0.2, 0) is 4.79 Å². The van der Waals surface area contributed by atoms with Crippen LogP contribution in [0.5, 0.6) is 0 Å². The fraction of sp³-hybridized carbons (Fsp3) is 0.300. The third kappa shape index (κ3) is 1.73. The van der Waals surface area contributed by atoms with E-state index in [1.807, 2.05) is 0 Å². The molecule has 1 fully saturated rings. The highest BCUT2D eigenvalue weighted by atomic mass is 32.2. The van der Waals surface area contributed by atoms with Crippen molar-refractivity contribution >= 4 is 39.9 Å². The molecule has 0 bridgehead atoms. The van der Waals surface area contributed by atoms with Gasteiger partial charge < -0.3 is 5.11 Å². The minimum atomic E-state index is -1.56. The summed E-state index contributed by atoms with van der Waals surface area (Å²) in [6.07, 6.45) is 1.60. The van der Waals surface area contributed by atoms with E-state index in [0.29, 0.717) is 10.1 Å². The summed E-state index contributed by atoms with van der Waals surface area (Å²) in [7, 11) is 0. The number of thiocarbonyl (C=S) groups is 1. The molecule has 0 amide bonds. The minimum absolute atomic E-state index is 0.248. The molecular weight excluding hydrogens is 244 g/mol. The number of rotatable bonds is 2. The van der Waals surface area contributed by atoms with Crippen molar-refractivity contribution < 1.29 is 9.90 Å². The second-order valence-electron chi connectivity index (χ2n) is 3.45. The van der Waals surface area contributed by atoms with Gasteiger partial charge in [0.15, 0.2) is 5.78 Å². The number of carbonyl (C=O) groups excluding carboxylic acids is 1. The molecule has 2 heterocycles. The summed E-state index contributed by atoms with van der Waals surface area (Å²) >= 11 is 6.41. The highest BCUT2D eigenvalue weighted by Gasteiger charge is 2.48. The summed E-state index contributed by atoms with van der Waals surface area (Å²) in [5.41, 5.74) is -1.56. The maximum atomic E-state index is 11.5. The Bertz CT molecular complexity index is 438. The first-order chi connectivity index (χ1) is 7.55. The van der Waals surface area contributed by atoms with Gasteiger partial charge in [0.2, 0.25) is 5.72 Å². The number of ketones is 1.